The second-order valence-corrected chi connectivity index (χ2v) is 4.57. The normalized spacial score (nSPS) is 28.9. The molecule has 1 aliphatic heterocycles. The molecule has 1 saturated heterocycles. The molecule has 0 spiro atoms. The largest absolute Gasteiger partial charge is 0.370 e. The summed E-state index contributed by atoms with van der Waals surface area (Å²) in [7, 11) is 4.25. The van der Waals surface area contributed by atoms with Crippen LogP contribution in [0, 0.1) is 0 Å². The topological polar surface area (TPSA) is 44.9 Å². The van der Waals surface area contributed by atoms with Crippen molar-refractivity contribution in [3.63, 3.8) is 0 Å². The second kappa shape index (κ2) is 3.77. The molecule has 14 heavy (non-hydrogen) atoms. The lowest BCUT2D eigenvalue weighted by Gasteiger charge is -2.20. The van der Waals surface area contributed by atoms with E-state index in [-0.39, 0.29) is 0 Å². The lowest BCUT2D eigenvalue weighted by atomic mass is 10.2. The highest BCUT2D eigenvalue weighted by Crippen LogP contribution is 2.24. The van der Waals surface area contributed by atoms with Gasteiger partial charge in [0.1, 0.15) is 0 Å². The summed E-state index contributed by atoms with van der Waals surface area (Å²) in [6.45, 7) is 2.10. The molecule has 1 saturated carbocycles. The van der Waals surface area contributed by atoms with Crippen molar-refractivity contribution < 1.29 is 0 Å². The fraction of sp³-hybridized carbons (Fsp3) is 0.900. The van der Waals surface area contributed by atoms with Crippen LogP contribution in [0.15, 0.2) is 4.99 Å². The third-order valence-electron chi connectivity index (χ3n) is 3.08. The van der Waals surface area contributed by atoms with Crippen LogP contribution >= 0.6 is 0 Å². The number of rotatable bonds is 2. The molecule has 0 radical (unpaired) electrons. The van der Waals surface area contributed by atoms with Gasteiger partial charge in [-0.3, -0.25) is 0 Å². The van der Waals surface area contributed by atoms with Crippen LogP contribution < -0.4 is 5.73 Å². The number of hydrogen-bond donors (Lipinski definition) is 1. The van der Waals surface area contributed by atoms with Crippen molar-refractivity contribution in [3.8, 4) is 0 Å². The highest BCUT2D eigenvalue weighted by Gasteiger charge is 2.27. The molecule has 2 aliphatic rings. The summed E-state index contributed by atoms with van der Waals surface area (Å²) in [5, 5.41) is 0. The average Bonchev–Trinajstić information content (AvgIpc) is 2.81. The van der Waals surface area contributed by atoms with Gasteiger partial charge in [0, 0.05) is 19.1 Å². The van der Waals surface area contributed by atoms with Crippen molar-refractivity contribution in [2.75, 3.05) is 27.2 Å². The van der Waals surface area contributed by atoms with Gasteiger partial charge in [0.15, 0.2) is 5.96 Å². The Morgan fingerprint density at radius 2 is 2.07 bits per heavy atom. The Morgan fingerprint density at radius 1 is 1.36 bits per heavy atom. The summed E-state index contributed by atoms with van der Waals surface area (Å²) in [5.41, 5.74) is 5.94. The molecule has 0 bridgehead atoms. The molecular weight excluding hydrogens is 176 g/mol. The van der Waals surface area contributed by atoms with Crippen LogP contribution in [0.5, 0.6) is 0 Å². The first-order chi connectivity index (χ1) is 6.66. The molecule has 1 heterocycles. The van der Waals surface area contributed by atoms with E-state index < -0.39 is 0 Å². The SMILES string of the molecule is CN(C)C1CCN(C(N)=NC2CC2)C1. The molecule has 2 rings (SSSR count). The van der Waals surface area contributed by atoms with E-state index in [0.29, 0.717) is 12.1 Å². The molecule has 80 valence electrons. The summed E-state index contributed by atoms with van der Waals surface area (Å²) in [4.78, 5) is 8.95. The van der Waals surface area contributed by atoms with Crippen molar-refractivity contribution >= 4 is 5.96 Å². The van der Waals surface area contributed by atoms with Crippen molar-refractivity contribution in [1.82, 2.24) is 9.80 Å². The number of aliphatic imine (C=N–C) groups is 1. The predicted octanol–water partition coefficient (Wildman–Crippen LogP) is 0.0994. The zero-order valence-corrected chi connectivity index (χ0v) is 9.11. The molecule has 4 heteroatoms. The van der Waals surface area contributed by atoms with Gasteiger partial charge in [0.25, 0.3) is 0 Å². The van der Waals surface area contributed by atoms with Gasteiger partial charge < -0.3 is 15.5 Å². The fourth-order valence-electron chi connectivity index (χ4n) is 1.84. The second-order valence-electron chi connectivity index (χ2n) is 4.57. The average molecular weight is 196 g/mol. The summed E-state index contributed by atoms with van der Waals surface area (Å²) in [6.07, 6.45) is 3.66. The van der Waals surface area contributed by atoms with Crippen molar-refractivity contribution in [2.24, 2.45) is 10.7 Å². The van der Waals surface area contributed by atoms with Crippen LogP contribution in [0.2, 0.25) is 0 Å². The van der Waals surface area contributed by atoms with Gasteiger partial charge in [-0.1, -0.05) is 0 Å². The van der Waals surface area contributed by atoms with Crippen molar-refractivity contribution in [2.45, 2.75) is 31.3 Å². The number of nitrogens with zero attached hydrogens (tertiary/aromatic N) is 3. The van der Waals surface area contributed by atoms with Gasteiger partial charge in [-0.25, -0.2) is 4.99 Å². The maximum Gasteiger partial charge on any atom is 0.191 e. The third kappa shape index (κ3) is 2.18. The monoisotopic (exact) mass is 196 g/mol. The van der Waals surface area contributed by atoms with Crippen LogP contribution in [-0.2, 0) is 0 Å². The van der Waals surface area contributed by atoms with Crippen molar-refractivity contribution in [1.29, 1.82) is 0 Å². The zero-order valence-electron chi connectivity index (χ0n) is 9.11. The molecule has 2 fully saturated rings. The summed E-state index contributed by atoms with van der Waals surface area (Å²) in [6, 6.07) is 1.18. The Labute approximate surface area is 85.8 Å². The van der Waals surface area contributed by atoms with Crippen LogP contribution in [0.1, 0.15) is 19.3 Å². The van der Waals surface area contributed by atoms with Gasteiger partial charge in [0.05, 0.1) is 6.04 Å². The minimum absolute atomic E-state index is 0.536. The first-order valence-corrected chi connectivity index (χ1v) is 5.41. The standard InChI is InChI=1S/C10H20N4/c1-13(2)9-5-6-14(7-9)10(11)12-8-3-4-8/h8-9H,3-7H2,1-2H3,(H2,11,12). The summed E-state index contributed by atoms with van der Waals surface area (Å²) in [5.74, 6) is 0.761. The molecule has 0 aromatic carbocycles. The maximum absolute atomic E-state index is 5.94. The highest BCUT2D eigenvalue weighted by atomic mass is 15.3. The number of nitrogens with two attached hydrogens (primary N) is 1. The zero-order chi connectivity index (χ0) is 10.1. The smallest absolute Gasteiger partial charge is 0.191 e. The van der Waals surface area contributed by atoms with E-state index in [9.17, 15) is 0 Å². The number of guanidine groups is 1. The number of hydrogen-bond acceptors (Lipinski definition) is 2. The van der Waals surface area contributed by atoms with E-state index in [4.69, 9.17) is 5.73 Å². The Bertz CT molecular complexity index is 232. The van der Waals surface area contributed by atoms with E-state index in [1.54, 1.807) is 0 Å². The van der Waals surface area contributed by atoms with E-state index in [1.807, 2.05) is 0 Å². The van der Waals surface area contributed by atoms with E-state index in [1.165, 1.54) is 19.3 Å². The Hall–Kier alpha value is -0.770. The van der Waals surface area contributed by atoms with Crippen molar-refractivity contribution in [3.05, 3.63) is 0 Å². The van der Waals surface area contributed by atoms with E-state index >= 15 is 0 Å². The lowest BCUT2D eigenvalue weighted by Crippen LogP contribution is -2.38. The van der Waals surface area contributed by atoms with E-state index in [0.717, 1.165) is 19.0 Å². The predicted molar refractivity (Wildman–Crippen MR) is 58.3 cm³/mol. The molecular formula is C10H20N4. The minimum atomic E-state index is 0.536. The molecule has 1 aliphatic carbocycles. The van der Waals surface area contributed by atoms with Gasteiger partial charge >= 0.3 is 0 Å². The Morgan fingerprint density at radius 3 is 2.57 bits per heavy atom. The first-order valence-electron chi connectivity index (χ1n) is 5.41. The van der Waals surface area contributed by atoms with E-state index in [2.05, 4.69) is 28.9 Å². The maximum atomic E-state index is 5.94. The summed E-state index contributed by atoms with van der Waals surface area (Å²) >= 11 is 0. The van der Waals surface area contributed by atoms with Crippen LogP contribution in [0.4, 0.5) is 0 Å². The lowest BCUT2D eigenvalue weighted by molar-refractivity contribution is 0.300. The van der Waals surface area contributed by atoms with Gasteiger partial charge in [-0.05, 0) is 33.4 Å². The van der Waals surface area contributed by atoms with Gasteiger partial charge in [0.2, 0.25) is 0 Å². The van der Waals surface area contributed by atoms with Crippen LogP contribution in [0.3, 0.4) is 0 Å². The molecule has 0 aromatic rings. The summed E-state index contributed by atoms with van der Waals surface area (Å²) < 4.78 is 0. The highest BCUT2D eigenvalue weighted by molar-refractivity contribution is 5.78. The first kappa shape index (κ1) is 9.77. The van der Waals surface area contributed by atoms with Crippen LogP contribution in [0.25, 0.3) is 0 Å². The third-order valence-corrected chi connectivity index (χ3v) is 3.08. The minimum Gasteiger partial charge on any atom is -0.370 e. The molecule has 1 atom stereocenters. The molecule has 0 amide bonds. The molecule has 4 nitrogen and oxygen atoms in total. The fourth-order valence-corrected chi connectivity index (χ4v) is 1.84. The molecule has 2 N–H and O–H groups in total. The molecule has 1 unspecified atom stereocenters. The van der Waals surface area contributed by atoms with Gasteiger partial charge in [-0.15, -0.1) is 0 Å². The quantitative estimate of drug-likeness (QED) is 0.503. The van der Waals surface area contributed by atoms with Gasteiger partial charge in [-0.2, -0.15) is 0 Å². The Balaban J connectivity index is 1.87. The number of likely N-dealkylation sites (tertiary alicyclic amines) is 1. The van der Waals surface area contributed by atoms with Crippen LogP contribution in [-0.4, -0.2) is 55.0 Å². The Kier molecular flexibility index (Phi) is 2.63. The molecule has 0 aromatic heterocycles. The number of likely N-dealkylation sites (N-methyl/N-ethyl adjacent to an activating group) is 1.